The van der Waals surface area contributed by atoms with Crippen molar-refractivity contribution in [3.8, 4) is 0 Å². The van der Waals surface area contributed by atoms with Crippen molar-refractivity contribution in [3.63, 3.8) is 0 Å². The predicted molar refractivity (Wildman–Crippen MR) is 87.7 cm³/mol. The molecule has 3 unspecified atom stereocenters. The van der Waals surface area contributed by atoms with Gasteiger partial charge in [-0.05, 0) is 23.6 Å². The van der Waals surface area contributed by atoms with E-state index in [1.54, 1.807) is 41.8 Å². The summed E-state index contributed by atoms with van der Waals surface area (Å²) in [6, 6.07) is 10.5. The average Bonchev–Trinajstić information content (AvgIpc) is 3.26. The summed E-state index contributed by atoms with van der Waals surface area (Å²) < 4.78 is 0. The topological polar surface area (TPSA) is 86.7 Å². The number of aliphatic hydroxyl groups is 1. The smallest absolute Gasteiger partial charge is 0.258 e. The van der Waals surface area contributed by atoms with Gasteiger partial charge in [-0.3, -0.25) is 19.3 Å². The molecule has 6 nitrogen and oxygen atoms in total. The number of likely N-dealkylation sites (tertiary alicyclic amines) is 1. The first-order valence-electron chi connectivity index (χ1n) is 7.44. The van der Waals surface area contributed by atoms with Crippen LogP contribution in [0.5, 0.6) is 0 Å². The Morgan fingerprint density at radius 1 is 1.12 bits per heavy atom. The van der Waals surface area contributed by atoms with Gasteiger partial charge in [0.15, 0.2) is 11.3 Å². The number of carbonyl (C=O) groups excluding carboxylic acids is 3. The number of Topliss-reactive ketones (excluding diaryl/α,β-unsaturated/α-hetero) is 1. The van der Waals surface area contributed by atoms with E-state index >= 15 is 0 Å². The van der Waals surface area contributed by atoms with E-state index in [0.29, 0.717) is 16.1 Å². The molecule has 2 amide bonds. The first-order chi connectivity index (χ1) is 11.5. The van der Waals surface area contributed by atoms with Gasteiger partial charge in [0.05, 0.1) is 0 Å². The number of hydrogen-bond acceptors (Lipinski definition) is 6. The Morgan fingerprint density at radius 3 is 2.46 bits per heavy atom. The van der Waals surface area contributed by atoms with Gasteiger partial charge in [-0.25, -0.2) is 0 Å². The van der Waals surface area contributed by atoms with Crippen LogP contribution in [0.15, 0.2) is 41.8 Å². The Hall–Kier alpha value is -2.51. The largest absolute Gasteiger partial charge is 0.382 e. The first-order valence-corrected chi connectivity index (χ1v) is 8.32. The van der Waals surface area contributed by atoms with Crippen LogP contribution in [0.25, 0.3) is 0 Å². The SMILES string of the molecule is CN1C(=O)C(O)C(C2(c3cccs3)Nc3ccccc3C2=O)C1=O. The van der Waals surface area contributed by atoms with E-state index in [2.05, 4.69) is 5.32 Å². The molecule has 24 heavy (non-hydrogen) atoms. The summed E-state index contributed by atoms with van der Waals surface area (Å²) >= 11 is 1.31. The number of amides is 2. The van der Waals surface area contributed by atoms with Crippen molar-refractivity contribution in [3.05, 3.63) is 52.2 Å². The van der Waals surface area contributed by atoms with Crippen LogP contribution >= 0.6 is 11.3 Å². The average molecular weight is 342 g/mol. The minimum Gasteiger partial charge on any atom is -0.382 e. The van der Waals surface area contributed by atoms with Crippen LogP contribution in [-0.4, -0.2) is 40.8 Å². The second-order valence-electron chi connectivity index (χ2n) is 5.94. The second kappa shape index (κ2) is 4.99. The Morgan fingerprint density at radius 2 is 1.88 bits per heavy atom. The molecule has 7 heteroatoms. The zero-order valence-corrected chi connectivity index (χ0v) is 13.5. The van der Waals surface area contributed by atoms with Gasteiger partial charge >= 0.3 is 0 Å². The molecule has 2 aliphatic heterocycles. The monoisotopic (exact) mass is 342 g/mol. The number of likely N-dealkylation sites (N-methyl/N-ethyl adjacent to an activating group) is 1. The maximum Gasteiger partial charge on any atom is 0.258 e. The van der Waals surface area contributed by atoms with Crippen LogP contribution < -0.4 is 5.32 Å². The molecule has 2 N–H and O–H groups in total. The molecule has 122 valence electrons. The summed E-state index contributed by atoms with van der Waals surface area (Å²) in [5.74, 6) is -2.75. The molecule has 2 aliphatic rings. The molecule has 4 rings (SSSR count). The molecule has 3 atom stereocenters. The number of thiophene rings is 1. The summed E-state index contributed by atoms with van der Waals surface area (Å²) in [6.45, 7) is 0. The Balaban J connectivity index is 1.95. The van der Waals surface area contributed by atoms with E-state index in [4.69, 9.17) is 0 Å². The van der Waals surface area contributed by atoms with Crippen molar-refractivity contribution in [2.45, 2.75) is 11.6 Å². The molecule has 1 aromatic carbocycles. The highest BCUT2D eigenvalue weighted by atomic mass is 32.1. The number of ketones is 1. The molecule has 0 radical (unpaired) electrons. The standard InChI is InChI=1S/C17H14N2O4S/c1-19-15(22)12(13(20)16(19)23)17(11-7-4-8-24-11)14(21)9-5-2-3-6-10(9)18-17/h2-8,12-13,18,20H,1H3. The van der Waals surface area contributed by atoms with Gasteiger partial charge < -0.3 is 10.4 Å². The number of carbonyl (C=O) groups is 3. The van der Waals surface area contributed by atoms with E-state index in [1.807, 2.05) is 0 Å². The maximum absolute atomic E-state index is 13.3. The van der Waals surface area contributed by atoms with Gasteiger partial charge in [0.2, 0.25) is 5.91 Å². The number of nitrogens with one attached hydrogen (secondary N) is 1. The van der Waals surface area contributed by atoms with Crippen molar-refractivity contribution in [2.75, 3.05) is 12.4 Å². The highest BCUT2D eigenvalue weighted by Crippen LogP contribution is 2.48. The number of fused-ring (bicyclic) bond motifs is 1. The van der Waals surface area contributed by atoms with Gasteiger partial charge in [0.25, 0.3) is 5.91 Å². The van der Waals surface area contributed by atoms with Crippen molar-refractivity contribution >= 4 is 34.6 Å². The number of imide groups is 1. The van der Waals surface area contributed by atoms with Gasteiger partial charge in [-0.15, -0.1) is 11.3 Å². The molecule has 1 saturated heterocycles. The number of para-hydroxylation sites is 1. The van der Waals surface area contributed by atoms with E-state index in [1.165, 1.54) is 18.4 Å². The van der Waals surface area contributed by atoms with E-state index < -0.39 is 29.4 Å². The normalized spacial score (nSPS) is 29.1. The van der Waals surface area contributed by atoms with Crippen LogP contribution in [-0.2, 0) is 15.1 Å². The first kappa shape index (κ1) is 15.0. The number of nitrogens with zero attached hydrogens (tertiary/aromatic N) is 1. The number of anilines is 1. The Kier molecular flexibility index (Phi) is 3.13. The third-order valence-electron chi connectivity index (χ3n) is 4.73. The zero-order chi connectivity index (χ0) is 17.1. The van der Waals surface area contributed by atoms with Crippen LogP contribution in [0.2, 0.25) is 0 Å². The van der Waals surface area contributed by atoms with Crippen molar-refractivity contribution in [1.82, 2.24) is 4.90 Å². The van der Waals surface area contributed by atoms with Crippen molar-refractivity contribution < 1.29 is 19.5 Å². The van der Waals surface area contributed by atoms with Gasteiger partial charge in [-0.2, -0.15) is 0 Å². The van der Waals surface area contributed by atoms with Crippen molar-refractivity contribution in [2.24, 2.45) is 5.92 Å². The van der Waals surface area contributed by atoms with E-state index in [-0.39, 0.29) is 5.78 Å². The fourth-order valence-corrected chi connectivity index (χ4v) is 4.45. The summed E-state index contributed by atoms with van der Waals surface area (Å²) in [6.07, 6.45) is -1.56. The molecule has 0 spiro atoms. The molecule has 0 saturated carbocycles. The summed E-state index contributed by atoms with van der Waals surface area (Å²) in [7, 11) is 1.32. The van der Waals surface area contributed by atoms with Crippen molar-refractivity contribution in [1.29, 1.82) is 0 Å². The third-order valence-corrected chi connectivity index (χ3v) is 5.74. The summed E-state index contributed by atoms with van der Waals surface area (Å²) in [5, 5.41) is 15.4. The fourth-order valence-electron chi connectivity index (χ4n) is 3.54. The van der Waals surface area contributed by atoms with Crippen LogP contribution in [0.3, 0.4) is 0 Å². The van der Waals surface area contributed by atoms with Crippen LogP contribution in [0, 0.1) is 5.92 Å². The van der Waals surface area contributed by atoms with E-state index in [9.17, 15) is 19.5 Å². The Labute approximate surface area is 141 Å². The van der Waals surface area contributed by atoms with E-state index in [0.717, 1.165) is 4.90 Å². The molecular weight excluding hydrogens is 328 g/mol. The molecule has 2 aromatic rings. The summed E-state index contributed by atoms with van der Waals surface area (Å²) in [4.78, 5) is 39.5. The minimum absolute atomic E-state index is 0.305. The molecule has 0 aliphatic carbocycles. The van der Waals surface area contributed by atoms with Crippen LogP contribution in [0.4, 0.5) is 5.69 Å². The Bertz CT molecular complexity index is 863. The lowest BCUT2D eigenvalue weighted by Crippen LogP contribution is -2.51. The molecule has 0 bridgehead atoms. The third kappa shape index (κ3) is 1.71. The van der Waals surface area contributed by atoms with Gasteiger partial charge in [-0.1, -0.05) is 18.2 Å². The zero-order valence-electron chi connectivity index (χ0n) is 12.7. The number of benzene rings is 1. The quantitative estimate of drug-likeness (QED) is 0.802. The lowest BCUT2D eigenvalue weighted by molar-refractivity contribution is -0.139. The molecular formula is C17H14N2O4S. The maximum atomic E-state index is 13.3. The molecule has 1 fully saturated rings. The van der Waals surface area contributed by atoms with Gasteiger partial charge in [0.1, 0.15) is 12.0 Å². The summed E-state index contributed by atoms with van der Waals surface area (Å²) in [5.41, 5.74) is -0.416. The highest BCUT2D eigenvalue weighted by molar-refractivity contribution is 7.10. The number of hydrogen-bond donors (Lipinski definition) is 2. The minimum atomic E-state index is -1.56. The lowest BCUT2D eigenvalue weighted by Gasteiger charge is -2.33. The van der Waals surface area contributed by atoms with Crippen LogP contribution in [0.1, 0.15) is 15.2 Å². The second-order valence-corrected chi connectivity index (χ2v) is 6.89. The molecule has 3 heterocycles. The fraction of sp³-hybridized carbons (Fsp3) is 0.235. The highest BCUT2D eigenvalue weighted by Gasteiger charge is 2.63. The predicted octanol–water partition coefficient (Wildman–Crippen LogP) is 1.23. The number of rotatable bonds is 2. The van der Waals surface area contributed by atoms with Gasteiger partial charge in [0, 0.05) is 23.2 Å². The molecule has 1 aromatic heterocycles. The number of aliphatic hydroxyl groups excluding tert-OH is 1. The lowest BCUT2D eigenvalue weighted by atomic mass is 9.77.